The maximum atomic E-state index is 13.5. The van der Waals surface area contributed by atoms with Gasteiger partial charge in [-0.05, 0) is 36.3 Å². The molecule has 0 radical (unpaired) electrons. The zero-order chi connectivity index (χ0) is 20.0. The molecular weight excluding hydrogens is 430 g/mol. The van der Waals surface area contributed by atoms with E-state index in [2.05, 4.69) is 33.4 Å². The van der Waals surface area contributed by atoms with Crippen LogP contribution in [0.5, 0.6) is 0 Å². The Morgan fingerprint density at radius 1 is 0.966 bits per heavy atom. The molecule has 0 spiro atoms. The first-order chi connectivity index (χ1) is 14.1. The van der Waals surface area contributed by atoms with E-state index in [0.717, 1.165) is 30.4 Å². The summed E-state index contributed by atoms with van der Waals surface area (Å²) in [6.07, 6.45) is 2.19. The van der Waals surface area contributed by atoms with E-state index in [9.17, 15) is 9.59 Å². The van der Waals surface area contributed by atoms with E-state index in [-0.39, 0.29) is 35.7 Å². The Labute approximate surface area is 179 Å². The van der Waals surface area contributed by atoms with E-state index in [4.69, 9.17) is 4.74 Å². The number of Topliss-reactive ketones (excluding diaryl/α,β-unsaturated/α-hetero) is 1. The van der Waals surface area contributed by atoms with Crippen LogP contribution in [0.25, 0.3) is 0 Å². The number of amides is 1. The van der Waals surface area contributed by atoms with Crippen molar-refractivity contribution in [1.29, 1.82) is 0 Å². The molecule has 2 heterocycles. The van der Waals surface area contributed by atoms with Crippen LogP contribution < -0.4 is 5.32 Å². The van der Waals surface area contributed by atoms with Crippen molar-refractivity contribution >= 4 is 27.6 Å². The Morgan fingerprint density at radius 2 is 1.62 bits per heavy atom. The van der Waals surface area contributed by atoms with Crippen LogP contribution in [0.15, 0.2) is 60.7 Å². The summed E-state index contributed by atoms with van der Waals surface area (Å²) in [7, 11) is 0. The van der Waals surface area contributed by atoms with E-state index in [1.165, 1.54) is 0 Å². The van der Waals surface area contributed by atoms with Crippen LogP contribution in [-0.4, -0.2) is 28.7 Å². The van der Waals surface area contributed by atoms with Crippen molar-refractivity contribution in [3.05, 3.63) is 71.8 Å². The minimum absolute atomic E-state index is 0.0830. The summed E-state index contributed by atoms with van der Waals surface area (Å²) in [4.78, 5) is 27.1. The van der Waals surface area contributed by atoms with E-state index in [1.54, 1.807) is 0 Å². The topological polar surface area (TPSA) is 58.7 Å². The first-order valence-electron chi connectivity index (χ1n) is 10.4. The molecule has 1 saturated carbocycles. The normalized spacial score (nSPS) is 36.0. The maximum Gasteiger partial charge on any atom is 0.231 e. The summed E-state index contributed by atoms with van der Waals surface area (Å²) in [6, 6.07) is 20.0. The Morgan fingerprint density at radius 3 is 2.31 bits per heavy atom. The molecule has 0 bridgehead atoms. The standard InChI is InChI=1S/C24H24BrNO3/c25-16-11-12-18-17(13-16)19(14-7-3-1-4-8-14)20(24(28)26-18)21(27)23-22(29-23)15-9-5-2-6-10-15/h1-10,16-20,22-23H,11-13H2,(H,26,28). The second-order valence-corrected chi connectivity index (χ2v) is 9.69. The van der Waals surface area contributed by atoms with Crippen LogP contribution in [0.2, 0.25) is 0 Å². The SMILES string of the molecule is O=C1NC2CCC(Br)CC2C(c2ccccc2)C1C(=O)C1OC1c1ccccc1. The summed E-state index contributed by atoms with van der Waals surface area (Å²) in [5, 5.41) is 3.17. The van der Waals surface area contributed by atoms with Gasteiger partial charge in [-0.1, -0.05) is 76.6 Å². The van der Waals surface area contributed by atoms with Crippen LogP contribution in [0.3, 0.4) is 0 Å². The number of alkyl halides is 1. The van der Waals surface area contributed by atoms with Gasteiger partial charge in [0.2, 0.25) is 5.91 Å². The molecule has 5 heteroatoms. The average molecular weight is 454 g/mol. The van der Waals surface area contributed by atoms with E-state index >= 15 is 0 Å². The Balaban J connectivity index is 1.46. The number of carbonyl (C=O) groups excluding carboxylic acids is 2. The summed E-state index contributed by atoms with van der Waals surface area (Å²) in [6.45, 7) is 0. The van der Waals surface area contributed by atoms with Gasteiger partial charge in [-0.25, -0.2) is 0 Å². The fraction of sp³-hybridized carbons (Fsp3) is 0.417. The van der Waals surface area contributed by atoms with Crippen molar-refractivity contribution in [1.82, 2.24) is 5.32 Å². The van der Waals surface area contributed by atoms with Crippen molar-refractivity contribution in [3.8, 4) is 0 Å². The molecule has 5 rings (SSSR count). The molecule has 3 aliphatic rings. The zero-order valence-corrected chi connectivity index (χ0v) is 17.6. The average Bonchev–Trinajstić information content (AvgIpc) is 3.55. The fourth-order valence-corrected chi connectivity index (χ4v) is 5.93. The fourth-order valence-electron chi connectivity index (χ4n) is 5.23. The van der Waals surface area contributed by atoms with Gasteiger partial charge in [0.25, 0.3) is 0 Å². The molecule has 1 aliphatic carbocycles. The molecule has 1 amide bonds. The smallest absolute Gasteiger partial charge is 0.231 e. The number of ether oxygens (including phenoxy) is 1. The monoisotopic (exact) mass is 453 g/mol. The number of epoxide rings is 1. The number of ketones is 1. The third-order valence-corrected chi connectivity index (χ3v) is 7.49. The van der Waals surface area contributed by atoms with Crippen molar-refractivity contribution in [2.24, 2.45) is 11.8 Å². The lowest BCUT2D eigenvalue weighted by atomic mass is 9.64. The number of carbonyl (C=O) groups is 2. The first kappa shape index (κ1) is 19.0. The molecule has 150 valence electrons. The van der Waals surface area contributed by atoms with E-state index in [0.29, 0.717) is 4.83 Å². The summed E-state index contributed by atoms with van der Waals surface area (Å²) < 4.78 is 5.77. The molecule has 2 aromatic carbocycles. The number of hydrogen-bond acceptors (Lipinski definition) is 3. The van der Waals surface area contributed by atoms with Crippen molar-refractivity contribution in [2.75, 3.05) is 0 Å². The zero-order valence-electron chi connectivity index (χ0n) is 16.0. The van der Waals surface area contributed by atoms with Gasteiger partial charge in [0.1, 0.15) is 18.1 Å². The van der Waals surface area contributed by atoms with Crippen LogP contribution in [0.1, 0.15) is 42.4 Å². The Hall–Kier alpha value is -1.98. The molecule has 7 unspecified atom stereocenters. The molecule has 0 aromatic heterocycles. The number of piperidine rings is 1. The summed E-state index contributed by atoms with van der Waals surface area (Å²) in [5.41, 5.74) is 2.07. The first-order valence-corrected chi connectivity index (χ1v) is 11.3. The number of halogens is 1. The van der Waals surface area contributed by atoms with Crippen LogP contribution in [0, 0.1) is 11.8 Å². The number of benzene rings is 2. The second-order valence-electron chi connectivity index (χ2n) is 8.39. The van der Waals surface area contributed by atoms with Gasteiger partial charge in [-0.2, -0.15) is 0 Å². The minimum Gasteiger partial charge on any atom is -0.356 e. The van der Waals surface area contributed by atoms with Gasteiger partial charge in [0, 0.05) is 16.8 Å². The van der Waals surface area contributed by atoms with Gasteiger partial charge in [0.15, 0.2) is 5.78 Å². The highest BCUT2D eigenvalue weighted by atomic mass is 79.9. The van der Waals surface area contributed by atoms with E-state index < -0.39 is 12.0 Å². The molecule has 4 nitrogen and oxygen atoms in total. The molecule has 2 aromatic rings. The lowest BCUT2D eigenvalue weighted by molar-refractivity contribution is -0.140. The predicted molar refractivity (Wildman–Crippen MR) is 114 cm³/mol. The quantitative estimate of drug-likeness (QED) is 0.429. The van der Waals surface area contributed by atoms with Gasteiger partial charge < -0.3 is 10.1 Å². The molecule has 2 saturated heterocycles. The third kappa shape index (κ3) is 3.55. The van der Waals surface area contributed by atoms with Crippen molar-refractivity contribution < 1.29 is 14.3 Å². The van der Waals surface area contributed by atoms with Crippen LogP contribution in [-0.2, 0) is 14.3 Å². The minimum atomic E-state index is -0.699. The van der Waals surface area contributed by atoms with Crippen molar-refractivity contribution in [3.63, 3.8) is 0 Å². The van der Waals surface area contributed by atoms with Gasteiger partial charge in [-0.15, -0.1) is 0 Å². The lowest BCUT2D eigenvalue weighted by Crippen LogP contribution is -2.58. The Bertz CT molecular complexity index is 903. The second kappa shape index (κ2) is 7.69. The van der Waals surface area contributed by atoms with Crippen LogP contribution >= 0.6 is 15.9 Å². The largest absolute Gasteiger partial charge is 0.356 e. The van der Waals surface area contributed by atoms with Gasteiger partial charge >= 0.3 is 0 Å². The molecule has 2 aliphatic heterocycles. The van der Waals surface area contributed by atoms with Crippen molar-refractivity contribution in [2.45, 2.75) is 48.3 Å². The number of nitrogens with one attached hydrogen (secondary N) is 1. The highest BCUT2D eigenvalue weighted by Gasteiger charge is 2.56. The number of hydrogen-bond donors (Lipinski definition) is 1. The van der Waals surface area contributed by atoms with Crippen LogP contribution in [0.4, 0.5) is 0 Å². The highest BCUT2D eigenvalue weighted by molar-refractivity contribution is 9.09. The lowest BCUT2D eigenvalue weighted by Gasteiger charge is -2.46. The molecule has 7 atom stereocenters. The molecule has 1 N–H and O–H groups in total. The predicted octanol–water partition coefficient (Wildman–Crippen LogP) is 4.16. The van der Waals surface area contributed by atoms with E-state index in [1.807, 2.05) is 48.5 Å². The molecule has 3 fully saturated rings. The molecule has 29 heavy (non-hydrogen) atoms. The van der Waals surface area contributed by atoms with Gasteiger partial charge in [0.05, 0.1) is 0 Å². The third-order valence-electron chi connectivity index (χ3n) is 6.66. The molecular formula is C24H24BrNO3. The Kier molecular flexibility index (Phi) is 5.04. The van der Waals surface area contributed by atoms with Gasteiger partial charge in [-0.3, -0.25) is 9.59 Å². The maximum absolute atomic E-state index is 13.5. The number of rotatable bonds is 4. The number of fused-ring (bicyclic) bond motifs is 1. The highest BCUT2D eigenvalue weighted by Crippen LogP contribution is 2.49. The summed E-state index contributed by atoms with van der Waals surface area (Å²) >= 11 is 3.78. The summed E-state index contributed by atoms with van der Waals surface area (Å²) in [5.74, 6) is -0.782.